The first kappa shape index (κ1) is 12.0. The molecule has 0 atom stereocenters. The molecule has 0 saturated heterocycles. The molecule has 0 aromatic heterocycles. The number of benzene rings is 1. The molecule has 0 saturated carbocycles. The molecule has 1 aromatic carbocycles. The molecule has 0 radical (unpaired) electrons. The lowest BCUT2D eigenvalue weighted by atomic mass is 10.4. The zero-order valence-corrected chi connectivity index (χ0v) is 11.8. The van der Waals surface area contributed by atoms with Crippen LogP contribution in [0.1, 0.15) is 0 Å². The van der Waals surface area contributed by atoms with Crippen LogP contribution in [0.2, 0.25) is 5.02 Å². The Bertz CT molecular complexity index is 420. The fourth-order valence-electron chi connectivity index (χ4n) is 0.768. The van der Waals surface area contributed by atoms with Crippen molar-refractivity contribution < 1.29 is 13.0 Å². The van der Waals surface area contributed by atoms with Crippen molar-refractivity contribution >= 4 is 66.9 Å². The molecule has 1 aromatic rings. The number of hydrogen-bond acceptors (Lipinski definition) is 3. The molecular formula is C6H2ClI2O3S-. The summed E-state index contributed by atoms with van der Waals surface area (Å²) in [6.45, 7) is 0. The van der Waals surface area contributed by atoms with E-state index in [1.807, 2.05) is 0 Å². The van der Waals surface area contributed by atoms with Crippen LogP contribution in [0.3, 0.4) is 0 Å². The lowest BCUT2D eigenvalue weighted by Gasteiger charge is -2.11. The largest absolute Gasteiger partial charge is 0.744 e. The van der Waals surface area contributed by atoms with E-state index in [0.29, 0.717) is 12.2 Å². The van der Waals surface area contributed by atoms with Gasteiger partial charge in [0.1, 0.15) is 10.1 Å². The van der Waals surface area contributed by atoms with Gasteiger partial charge >= 0.3 is 0 Å². The molecule has 0 unspecified atom stereocenters. The summed E-state index contributed by atoms with van der Waals surface area (Å²) < 4.78 is 33.0. The molecule has 1 rings (SSSR count). The predicted molar refractivity (Wildman–Crippen MR) is 64.8 cm³/mol. The third-order valence-electron chi connectivity index (χ3n) is 1.21. The molecule has 0 N–H and O–H groups in total. The first-order chi connectivity index (χ1) is 5.82. The number of hydrogen-bond donors (Lipinski definition) is 0. The Morgan fingerprint density at radius 2 is 1.62 bits per heavy atom. The maximum atomic E-state index is 10.8. The highest BCUT2D eigenvalue weighted by Gasteiger charge is 2.12. The van der Waals surface area contributed by atoms with E-state index in [1.54, 1.807) is 45.2 Å². The Balaban J connectivity index is 3.57. The Hall–Kier alpha value is 0.880. The molecule has 13 heavy (non-hydrogen) atoms. The summed E-state index contributed by atoms with van der Waals surface area (Å²) >= 11 is 9.20. The molecular weight excluding hydrogens is 441 g/mol. The Kier molecular flexibility index (Phi) is 3.83. The van der Waals surface area contributed by atoms with Gasteiger partial charge < -0.3 is 4.55 Å². The fraction of sp³-hybridized carbons (Fsp3) is 0. The maximum absolute atomic E-state index is 10.8. The van der Waals surface area contributed by atoms with Crippen molar-refractivity contribution in [1.29, 1.82) is 0 Å². The van der Waals surface area contributed by atoms with Gasteiger partial charge in [-0.05, 0) is 57.3 Å². The maximum Gasteiger partial charge on any atom is 0.126 e. The number of rotatable bonds is 1. The van der Waals surface area contributed by atoms with E-state index in [2.05, 4.69) is 0 Å². The summed E-state index contributed by atoms with van der Waals surface area (Å²) in [6.07, 6.45) is 0. The molecule has 0 bridgehead atoms. The van der Waals surface area contributed by atoms with Gasteiger partial charge in [-0.3, -0.25) is 0 Å². The van der Waals surface area contributed by atoms with Gasteiger partial charge in [-0.25, -0.2) is 8.42 Å². The standard InChI is InChI=1S/C6H3ClI2O3S/c7-3-1-4(8)6(5(9)2-3)13(10,11)12/h1-2H,(H,10,11,12)/p-1. The molecule has 0 heterocycles. The molecule has 0 spiro atoms. The second-order valence-corrected chi connectivity index (χ2v) is 6.23. The lowest BCUT2D eigenvalue weighted by molar-refractivity contribution is 0.462. The van der Waals surface area contributed by atoms with Gasteiger partial charge in [0.15, 0.2) is 0 Å². The summed E-state index contributed by atoms with van der Waals surface area (Å²) in [5, 5.41) is 0.418. The van der Waals surface area contributed by atoms with Crippen LogP contribution in [0.4, 0.5) is 0 Å². The summed E-state index contributed by atoms with van der Waals surface area (Å²) in [7, 11) is -4.40. The fourth-order valence-corrected chi connectivity index (χ4v) is 5.34. The Morgan fingerprint density at radius 3 is 1.92 bits per heavy atom. The van der Waals surface area contributed by atoms with E-state index in [9.17, 15) is 13.0 Å². The SMILES string of the molecule is O=S(=O)([O-])c1c(I)cc(Cl)cc1I. The minimum Gasteiger partial charge on any atom is -0.744 e. The minimum absolute atomic E-state index is 0.196. The van der Waals surface area contributed by atoms with Crippen molar-refractivity contribution in [3.05, 3.63) is 24.3 Å². The highest BCUT2D eigenvalue weighted by molar-refractivity contribution is 14.1. The van der Waals surface area contributed by atoms with E-state index < -0.39 is 10.1 Å². The zero-order valence-electron chi connectivity index (χ0n) is 5.92. The van der Waals surface area contributed by atoms with Gasteiger partial charge in [-0.1, -0.05) is 11.6 Å². The summed E-state index contributed by atoms with van der Waals surface area (Å²) in [6, 6.07) is 2.88. The van der Waals surface area contributed by atoms with Crippen LogP contribution in [0.5, 0.6) is 0 Å². The van der Waals surface area contributed by atoms with Crippen LogP contribution < -0.4 is 0 Å². The lowest BCUT2D eigenvalue weighted by Crippen LogP contribution is -2.04. The van der Waals surface area contributed by atoms with E-state index in [0.717, 1.165) is 0 Å². The van der Waals surface area contributed by atoms with E-state index >= 15 is 0 Å². The molecule has 72 valence electrons. The van der Waals surface area contributed by atoms with Crippen molar-refractivity contribution in [2.45, 2.75) is 4.90 Å². The predicted octanol–water partition coefficient (Wildman–Crippen LogP) is 2.45. The van der Waals surface area contributed by atoms with Crippen LogP contribution >= 0.6 is 56.8 Å². The van der Waals surface area contributed by atoms with Crippen LogP contribution in [0.25, 0.3) is 0 Å². The number of halogens is 3. The van der Waals surface area contributed by atoms with Crippen molar-refractivity contribution in [3.8, 4) is 0 Å². The molecule has 0 aliphatic rings. The molecule has 0 amide bonds. The van der Waals surface area contributed by atoms with Gasteiger partial charge in [0.05, 0.1) is 4.90 Å². The second-order valence-electron chi connectivity index (χ2n) is 2.15. The van der Waals surface area contributed by atoms with Crippen molar-refractivity contribution in [3.63, 3.8) is 0 Å². The molecule has 0 aliphatic carbocycles. The molecule has 0 fully saturated rings. The van der Waals surface area contributed by atoms with Gasteiger partial charge in [0.25, 0.3) is 0 Å². The third kappa shape index (κ3) is 2.91. The van der Waals surface area contributed by atoms with E-state index in [4.69, 9.17) is 11.6 Å². The van der Waals surface area contributed by atoms with Crippen molar-refractivity contribution in [2.75, 3.05) is 0 Å². The summed E-state index contributed by atoms with van der Waals surface area (Å²) in [4.78, 5) is -0.196. The highest BCUT2D eigenvalue weighted by Crippen LogP contribution is 2.27. The molecule has 0 aliphatic heterocycles. The average Bonchev–Trinajstić information content (AvgIpc) is 1.78. The average molecular weight is 443 g/mol. The highest BCUT2D eigenvalue weighted by atomic mass is 127. The topological polar surface area (TPSA) is 57.2 Å². The first-order valence-corrected chi connectivity index (χ1v) is 6.87. The van der Waals surface area contributed by atoms with Gasteiger partial charge in [-0.2, -0.15) is 0 Å². The summed E-state index contributed by atoms with van der Waals surface area (Å²) in [5.74, 6) is 0. The summed E-state index contributed by atoms with van der Waals surface area (Å²) in [5.41, 5.74) is 0. The minimum atomic E-state index is -4.40. The van der Waals surface area contributed by atoms with Crippen molar-refractivity contribution in [1.82, 2.24) is 0 Å². The van der Waals surface area contributed by atoms with E-state index in [1.165, 1.54) is 12.1 Å². The zero-order chi connectivity index (χ0) is 10.2. The van der Waals surface area contributed by atoms with Crippen LogP contribution in [-0.2, 0) is 10.1 Å². The van der Waals surface area contributed by atoms with Crippen LogP contribution in [0, 0.1) is 7.14 Å². The second kappa shape index (κ2) is 4.17. The Morgan fingerprint density at radius 1 is 1.23 bits per heavy atom. The van der Waals surface area contributed by atoms with Crippen molar-refractivity contribution in [2.24, 2.45) is 0 Å². The third-order valence-corrected chi connectivity index (χ3v) is 4.80. The quantitative estimate of drug-likeness (QED) is 0.495. The van der Waals surface area contributed by atoms with Gasteiger partial charge in [0, 0.05) is 12.2 Å². The Labute approximate surface area is 108 Å². The smallest absolute Gasteiger partial charge is 0.126 e. The van der Waals surface area contributed by atoms with E-state index in [-0.39, 0.29) is 4.90 Å². The monoisotopic (exact) mass is 443 g/mol. The van der Waals surface area contributed by atoms with Crippen LogP contribution in [0.15, 0.2) is 17.0 Å². The van der Waals surface area contributed by atoms with Crippen LogP contribution in [-0.4, -0.2) is 13.0 Å². The first-order valence-electron chi connectivity index (χ1n) is 2.93. The van der Waals surface area contributed by atoms with Gasteiger partial charge in [0.2, 0.25) is 0 Å². The molecule has 3 nitrogen and oxygen atoms in total. The van der Waals surface area contributed by atoms with Gasteiger partial charge in [-0.15, -0.1) is 0 Å². The molecule has 7 heteroatoms. The normalized spacial score (nSPS) is 11.7.